The molecule has 0 spiro atoms. The molecule has 1 fully saturated rings. The number of amides is 1. The summed E-state index contributed by atoms with van der Waals surface area (Å²) in [6.45, 7) is 0. The Hall–Kier alpha value is -1.15. The maximum absolute atomic E-state index is 11.3. The average Bonchev–Trinajstić information content (AvgIpc) is 2.52. The Balaban J connectivity index is 2.64. The van der Waals surface area contributed by atoms with Crippen molar-refractivity contribution in [1.82, 2.24) is 4.90 Å². The molecule has 0 radical (unpaired) electrons. The van der Waals surface area contributed by atoms with Crippen molar-refractivity contribution < 1.29 is 14.7 Å². The molecule has 0 aromatic heterocycles. The van der Waals surface area contributed by atoms with Gasteiger partial charge in [0.2, 0.25) is 5.91 Å². The summed E-state index contributed by atoms with van der Waals surface area (Å²) < 4.78 is 0. The van der Waals surface area contributed by atoms with Gasteiger partial charge in [0.25, 0.3) is 0 Å². The number of nitrogens with zero attached hydrogens (tertiary/aromatic N) is 1. The van der Waals surface area contributed by atoms with Crippen molar-refractivity contribution in [3.63, 3.8) is 0 Å². The van der Waals surface area contributed by atoms with Gasteiger partial charge >= 0.3 is 5.97 Å². The molecule has 1 saturated heterocycles. The van der Waals surface area contributed by atoms with Crippen molar-refractivity contribution >= 4 is 23.6 Å². The molecule has 0 aliphatic carbocycles. The SMILES string of the molecule is C#CCC(=O)N1CSC[C@H]1C(=O)O. The number of hydrogen-bond acceptors (Lipinski definition) is 3. The third-order valence-electron chi connectivity index (χ3n) is 1.74. The predicted molar refractivity (Wildman–Crippen MR) is 49.0 cm³/mol. The summed E-state index contributed by atoms with van der Waals surface area (Å²) in [5.41, 5.74) is 0. The Morgan fingerprint density at radius 2 is 2.38 bits per heavy atom. The molecule has 0 aromatic rings. The summed E-state index contributed by atoms with van der Waals surface area (Å²) in [5, 5.41) is 8.74. The summed E-state index contributed by atoms with van der Waals surface area (Å²) in [5.74, 6) is 1.85. The van der Waals surface area contributed by atoms with Crippen LogP contribution in [0.2, 0.25) is 0 Å². The highest BCUT2D eigenvalue weighted by Gasteiger charge is 2.33. The Labute approximate surface area is 80.3 Å². The van der Waals surface area contributed by atoms with Crippen molar-refractivity contribution in [3.8, 4) is 12.3 Å². The van der Waals surface area contributed by atoms with Gasteiger partial charge in [-0.1, -0.05) is 5.92 Å². The number of thioether (sulfide) groups is 1. The van der Waals surface area contributed by atoms with E-state index in [4.69, 9.17) is 11.5 Å². The second kappa shape index (κ2) is 4.19. The molecule has 4 nitrogen and oxygen atoms in total. The van der Waals surface area contributed by atoms with Crippen LogP contribution in [0.3, 0.4) is 0 Å². The quantitative estimate of drug-likeness (QED) is 0.636. The molecule has 1 rings (SSSR count). The van der Waals surface area contributed by atoms with Crippen molar-refractivity contribution in [3.05, 3.63) is 0 Å². The number of carboxylic acid groups (broad SMARTS) is 1. The normalized spacial score (nSPS) is 21.2. The Kier molecular flexibility index (Phi) is 3.20. The van der Waals surface area contributed by atoms with Crippen LogP contribution in [0.5, 0.6) is 0 Å². The first kappa shape index (κ1) is 9.93. The summed E-state index contributed by atoms with van der Waals surface area (Å²) in [4.78, 5) is 23.2. The smallest absolute Gasteiger partial charge is 0.327 e. The van der Waals surface area contributed by atoms with Gasteiger partial charge in [-0.05, 0) is 0 Å². The van der Waals surface area contributed by atoms with Crippen LogP contribution >= 0.6 is 11.8 Å². The van der Waals surface area contributed by atoms with E-state index >= 15 is 0 Å². The minimum atomic E-state index is -0.963. The highest BCUT2D eigenvalue weighted by molar-refractivity contribution is 7.99. The Morgan fingerprint density at radius 3 is 2.92 bits per heavy atom. The first-order chi connectivity index (χ1) is 6.16. The fourth-order valence-electron chi connectivity index (χ4n) is 1.08. The number of terminal acetylenes is 1. The summed E-state index contributed by atoms with van der Waals surface area (Å²) in [7, 11) is 0. The fourth-order valence-corrected chi connectivity index (χ4v) is 2.25. The minimum absolute atomic E-state index is 0.0235. The van der Waals surface area contributed by atoms with E-state index in [9.17, 15) is 9.59 Å². The first-order valence-corrected chi connectivity index (χ1v) is 4.85. The molecule has 0 bridgehead atoms. The lowest BCUT2D eigenvalue weighted by Crippen LogP contribution is -2.41. The van der Waals surface area contributed by atoms with E-state index in [-0.39, 0.29) is 12.3 Å². The third-order valence-corrected chi connectivity index (χ3v) is 2.75. The molecule has 0 aromatic carbocycles. The fraction of sp³-hybridized carbons (Fsp3) is 0.500. The van der Waals surface area contributed by atoms with Gasteiger partial charge in [-0.2, -0.15) is 0 Å². The van der Waals surface area contributed by atoms with Crippen molar-refractivity contribution in [2.45, 2.75) is 12.5 Å². The lowest BCUT2D eigenvalue weighted by molar-refractivity contribution is -0.147. The van der Waals surface area contributed by atoms with Crippen LogP contribution in [0.4, 0.5) is 0 Å². The molecular formula is C8H9NO3S. The van der Waals surface area contributed by atoms with Crippen LogP contribution in [-0.2, 0) is 9.59 Å². The molecule has 1 aliphatic heterocycles. The molecule has 1 amide bonds. The van der Waals surface area contributed by atoms with Crippen LogP contribution in [-0.4, -0.2) is 39.6 Å². The van der Waals surface area contributed by atoms with Crippen LogP contribution in [0.15, 0.2) is 0 Å². The van der Waals surface area contributed by atoms with Gasteiger partial charge < -0.3 is 10.0 Å². The van der Waals surface area contributed by atoms with Gasteiger partial charge in [-0.25, -0.2) is 4.79 Å². The van der Waals surface area contributed by atoms with Crippen LogP contribution < -0.4 is 0 Å². The molecule has 1 heterocycles. The number of hydrogen-bond donors (Lipinski definition) is 1. The molecule has 5 heteroatoms. The van der Waals surface area contributed by atoms with E-state index in [2.05, 4.69) is 5.92 Å². The number of aliphatic carboxylic acids is 1. The molecule has 70 valence electrons. The third kappa shape index (κ3) is 2.16. The molecule has 13 heavy (non-hydrogen) atoms. The molecule has 0 saturated carbocycles. The zero-order chi connectivity index (χ0) is 9.84. The van der Waals surface area contributed by atoms with Gasteiger partial charge in [0.15, 0.2) is 0 Å². The van der Waals surface area contributed by atoms with Gasteiger partial charge in [0.1, 0.15) is 6.04 Å². The van der Waals surface area contributed by atoms with Crippen molar-refractivity contribution in [2.24, 2.45) is 0 Å². The molecule has 1 N–H and O–H groups in total. The Morgan fingerprint density at radius 1 is 1.69 bits per heavy atom. The number of carboxylic acids is 1. The largest absolute Gasteiger partial charge is 0.480 e. The lowest BCUT2D eigenvalue weighted by Gasteiger charge is -2.18. The Bertz CT molecular complexity index is 271. The van der Waals surface area contributed by atoms with E-state index < -0.39 is 12.0 Å². The van der Waals surface area contributed by atoms with E-state index in [0.29, 0.717) is 11.6 Å². The van der Waals surface area contributed by atoms with Gasteiger partial charge in [0.05, 0.1) is 12.3 Å². The number of carbonyl (C=O) groups is 2. The standard InChI is InChI=1S/C8H9NO3S/c1-2-3-7(10)9-5-13-4-6(9)8(11)12/h1,6H,3-5H2,(H,11,12)/t6-/m0/s1. The lowest BCUT2D eigenvalue weighted by atomic mass is 10.3. The van der Waals surface area contributed by atoms with Crippen LogP contribution in [0, 0.1) is 12.3 Å². The zero-order valence-corrected chi connectivity index (χ0v) is 7.71. The predicted octanol–water partition coefficient (Wildman–Crippen LogP) is -0.00420. The van der Waals surface area contributed by atoms with E-state index in [1.807, 2.05) is 0 Å². The maximum atomic E-state index is 11.3. The van der Waals surface area contributed by atoms with Gasteiger partial charge in [0, 0.05) is 5.75 Å². The number of carbonyl (C=O) groups excluding carboxylic acids is 1. The van der Waals surface area contributed by atoms with Crippen LogP contribution in [0.25, 0.3) is 0 Å². The second-order valence-corrected chi connectivity index (χ2v) is 3.60. The van der Waals surface area contributed by atoms with Crippen LogP contribution in [0.1, 0.15) is 6.42 Å². The van der Waals surface area contributed by atoms with E-state index in [1.165, 1.54) is 16.7 Å². The maximum Gasteiger partial charge on any atom is 0.327 e. The van der Waals surface area contributed by atoms with Gasteiger partial charge in [-0.15, -0.1) is 18.2 Å². The minimum Gasteiger partial charge on any atom is -0.480 e. The zero-order valence-electron chi connectivity index (χ0n) is 6.90. The monoisotopic (exact) mass is 199 g/mol. The van der Waals surface area contributed by atoms with Gasteiger partial charge in [-0.3, -0.25) is 4.79 Å². The summed E-state index contributed by atoms with van der Waals surface area (Å²) >= 11 is 1.43. The van der Waals surface area contributed by atoms with E-state index in [1.54, 1.807) is 0 Å². The van der Waals surface area contributed by atoms with Crippen molar-refractivity contribution in [1.29, 1.82) is 0 Å². The molecular weight excluding hydrogens is 190 g/mol. The van der Waals surface area contributed by atoms with Crippen molar-refractivity contribution in [2.75, 3.05) is 11.6 Å². The highest BCUT2D eigenvalue weighted by Crippen LogP contribution is 2.21. The summed E-state index contributed by atoms with van der Waals surface area (Å²) in [6, 6.07) is -0.703. The molecule has 0 unspecified atom stereocenters. The average molecular weight is 199 g/mol. The first-order valence-electron chi connectivity index (χ1n) is 3.70. The molecule has 1 atom stereocenters. The van der Waals surface area contributed by atoms with E-state index in [0.717, 1.165) is 0 Å². The number of rotatable bonds is 2. The summed E-state index contributed by atoms with van der Waals surface area (Å²) in [6.07, 6.45) is 4.94. The second-order valence-electron chi connectivity index (χ2n) is 2.60. The highest BCUT2D eigenvalue weighted by atomic mass is 32.2. The molecule has 1 aliphatic rings. The topological polar surface area (TPSA) is 57.6 Å².